The van der Waals surface area contributed by atoms with Crippen LogP contribution in [0.3, 0.4) is 0 Å². The van der Waals surface area contributed by atoms with Gasteiger partial charge in [-0.3, -0.25) is 14.8 Å². The molecule has 3 aromatic heterocycles. The van der Waals surface area contributed by atoms with E-state index in [9.17, 15) is 4.79 Å². The predicted octanol–water partition coefficient (Wildman–Crippen LogP) is 3.93. The Balaban J connectivity index is 1.46. The van der Waals surface area contributed by atoms with Crippen LogP contribution in [0.1, 0.15) is 5.69 Å². The molecule has 0 unspecified atom stereocenters. The van der Waals surface area contributed by atoms with Crippen LogP contribution in [-0.2, 0) is 11.2 Å². The van der Waals surface area contributed by atoms with Crippen molar-refractivity contribution in [3.63, 3.8) is 0 Å². The third-order valence-corrected chi connectivity index (χ3v) is 4.57. The Hall–Kier alpha value is -3.12. The van der Waals surface area contributed by atoms with E-state index in [2.05, 4.69) is 20.3 Å². The molecule has 0 saturated heterocycles. The number of carbonyl (C=O) groups excluding carboxylic acids is 1. The molecule has 1 amide bonds. The number of para-hydroxylation sites is 1. The quantitative estimate of drug-likeness (QED) is 0.608. The Labute approximate surface area is 148 Å². The van der Waals surface area contributed by atoms with E-state index in [0.29, 0.717) is 5.69 Å². The Bertz CT molecular complexity index is 1030. The normalized spacial score (nSPS) is 10.7. The second-order valence-corrected chi connectivity index (χ2v) is 6.36. The average molecular weight is 346 g/mol. The van der Waals surface area contributed by atoms with Crippen molar-refractivity contribution in [3.05, 3.63) is 72.0 Å². The molecular weight excluding hydrogens is 332 g/mol. The van der Waals surface area contributed by atoms with Crippen molar-refractivity contribution < 1.29 is 4.79 Å². The SMILES string of the molecule is O=C(Cc1csc(-c2ccccn2)n1)Nc1cnc2ccccc2c1. The van der Waals surface area contributed by atoms with Crippen LogP contribution in [0.5, 0.6) is 0 Å². The Morgan fingerprint density at radius 2 is 1.96 bits per heavy atom. The lowest BCUT2D eigenvalue weighted by Crippen LogP contribution is -2.14. The van der Waals surface area contributed by atoms with Crippen molar-refractivity contribution in [3.8, 4) is 10.7 Å². The van der Waals surface area contributed by atoms with E-state index in [1.807, 2.05) is 53.9 Å². The van der Waals surface area contributed by atoms with Gasteiger partial charge >= 0.3 is 0 Å². The third-order valence-electron chi connectivity index (χ3n) is 3.65. The maximum absolute atomic E-state index is 12.3. The van der Waals surface area contributed by atoms with Crippen molar-refractivity contribution in [2.45, 2.75) is 6.42 Å². The molecule has 4 rings (SSSR count). The lowest BCUT2D eigenvalue weighted by molar-refractivity contribution is -0.115. The van der Waals surface area contributed by atoms with Crippen LogP contribution in [0.15, 0.2) is 66.3 Å². The molecule has 6 heteroatoms. The summed E-state index contributed by atoms with van der Waals surface area (Å²) >= 11 is 1.49. The number of thiazole rings is 1. The first-order valence-corrected chi connectivity index (χ1v) is 8.66. The number of amides is 1. The monoisotopic (exact) mass is 346 g/mol. The average Bonchev–Trinajstić information content (AvgIpc) is 3.10. The number of anilines is 1. The van der Waals surface area contributed by atoms with Crippen LogP contribution in [0.2, 0.25) is 0 Å². The number of pyridine rings is 2. The maximum atomic E-state index is 12.3. The summed E-state index contributed by atoms with van der Waals surface area (Å²) in [5.74, 6) is -0.116. The Morgan fingerprint density at radius 1 is 1.08 bits per heavy atom. The largest absolute Gasteiger partial charge is 0.324 e. The minimum Gasteiger partial charge on any atom is -0.324 e. The van der Waals surface area contributed by atoms with Gasteiger partial charge in [-0.25, -0.2) is 4.98 Å². The number of hydrogen-bond acceptors (Lipinski definition) is 5. The van der Waals surface area contributed by atoms with E-state index in [1.54, 1.807) is 12.4 Å². The number of hydrogen-bond donors (Lipinski definition) is 1. The molecule has 0 atom stereocenters. The van der Waals surface area contributed by atoms with E-state index >= 15 is 0 Å². The van der Waals surface area contributed by atoms with Gasteiger partial charge < -0.3 is 5.32 Å². The molecule has 5 nitrogen and oxygen atoms in total. The van der Waals surface area contributed by atoms with E-state index in [4.69, 9.17) is 0 Å². The Kier molecular flexibility index (Phi) is 4.18. The van der Waals surface area contributed by atoms with Crippen LogP contribution in [0.25, 0.3) is 21.6 Å². The highest BCUT2D eigenvalue weighted by atomic mass is 32.1. The molecule has 0 bridgehead atoms. The maximum Gasteiger partial charge on any atom is 0.230 e. The van der Waals surface area contributed by atoms with Crippen LogP contribution in [-0.4, -0.2) is 20.9 Å². The lowest BCUT2D eigenvalue weighted by atomic mass is 10.2. The summed E-state index contributed by atoms with van der Waals surface area (Å²) < 4.78 is 0. The first-order chi connectivity index (χ1) is 12.3. The summed E-state index contributed by atoms with van der Waals surface area (Å²) in [5, 5.41) is 6.58. The fraction of sp³-hybridized carbons (Fsp3) is 0.0526. The number of aromatic nitrogens is 3. The van der Waals surface area contributed by atoms with E-state index in [0.717, 1.165) is 27.3 Å². The van der Waals surface area contributed by atoms with Crippen molar-refractivity contribution in [2.75, 3.05) is 5.32 Å². The highest BCUT2D eigenvalue weighted by molar-refractivity contribution is 7.13. The van der Waals surface area contributed by atoms with Gasteiger partial charge in [-0.1, -0.05) is 24.3 Å². The van der Waals surface area contributed by atoms with Gasteiger partial charge in [0.2, 0.25) is 5.91 Å². The smallest absolute Gasteiger partial charge is 0.230 e. The van der Waals surface area contributed by atoms with Crippen molar-refractivity contribution >= 4 is 33.8 Å². The number of benzene rings is 1. The number of fused-ring (bicyclic) bond motifs is 1. The van der Waals surface area contributed by atoms with Gasteiger partial charge in [0, 0.05) is 17.0 Å². The van der Waals surface area contributed by atoms with Crippen molar-refractivity contribution in [2.24, 2.45) is 0 Å². The molecule has 0 saturated carbocycles. The summed E-state index contributed by atoms with van der Waals surface area (Å²) in [5.41, 5.74) is 3.14. The molecule has 1 N–H and O–H groups in total. The second-order valence-electron chi connectivity index (χ2n) is 5.50. The molecule has 0 spiro atoms. The number of rotatable bonds is 4. The summed E-state index contributed by atoms with van der Waals surface area (Å²) in [6, 6.07) is 15.4. The minimum atomic E-state index is -0.116. The molecular formula is C19H14N4OS. The summed E-state index contributed by atoms with van der Waals surface area (Å²) in [4.78, 5) is 25.4. The molecule has 0 aliphatic heterocycles. The fourth-order valence-electron chi connectivity index (χ4n) is 2.50. The topological polar surface area (TPSA) is 67.8 Å². The van der Waals surface area contributed by atoms with E-state index in [-0.39, 0.29) is 12.3 Å². The molecule has 0 fully saturated rings. The van der Waals surface area contributed by atoms with E-state index in [1.165, 1.54) is 11.3 Å². The summed E-state index contributed by atoms with van der Waals surface area (Å²) in [6.07, 6.45) is 3.62. The molecule has 0 aliphatic carbocycles. The van der Waals surface area contributed by atoms with Crippen molar-refractivity contribution in [1.82, 2.24) is 15.0 Å². The standard InChI is InChI=1S/C19H14N4OS/c24-18(22-14-9-13-5-1-2-6-16(13)21-11-14)10-15-12-25-19(23-15)17-7-3-4-8-20-17/h1-9,11-12H,10H2,(H,22,24). The lowest BCUT2D eigenvalue weighted by Gasteiger charge is -2.05. The molecule has 0 aliphatic rings. The van der Waals surface area contributed by atoms with Gasteiger partial charge in [-0.05, 0) is 24.3 Å². The van der Waals surface area contributed by atoms with Gasteiger partial charge in [0.25, 0.3) is 0 Å². The zero-order valence-corrected chi connectivity index (χ0v) is 14.0. The predicted molar refractivity (Wildman–Crippen MR) is 99.4 cm³/mol. The third kappa shape index (κ3) is 3.54. The highest BCUT2D eigenvalue weighted by Crippen LogP contribution is 2.22. The molecule has 1 aromatic carbocycles. The first kappa shape index (κ1) is 15.4. The molecule has 0 radical (unpaired) electrons. The molecule has 3 heterocycles. The minimum absolute atomic E-state index is 0.116. The number of nitrogens with one attached hydrogen (secondary N) is 1. The molecule has 25 heavy (non-hydrogen) atoms. The second kappa shape index (κ2) is 6.78. The summed E-state index contributed by atoms with van der Waals surface area (Å²) in [6.45, 7) is 0. The zero-order chi connectivity index (χ0) is 17.1. The summed E-state index contributed by atoms with van der Waals surface area (Å²) in [7, 11) is 0. The van der Waals surface area contributed by atoms with E-state index < -0.39 is 0 Å². The molecule has 4 aromatic rings. The van der Waals surface area contributed by atoms with Crippen LogP contribution in [0.4, 0.5) is 5.69 Å². The van der Waals surface area contributed by atoms with Crippen LogP contribution in [0, 0.1) is 0 Å². The highest BCUT2D eigenvalue weighted by Gasteiger charge is 2.10. The Morgan fingerprint density at radius 3 is 2.84 bits per heavy atom. The van der Waals surface area contributed by atoms with Gasteiger partial charge in [-0.2, -0.15) is 0 Å². The van der Waals surface area contributed by atoms with Gasteiger partial charge in [0.05, 0.1) is 35.2 Å². The first-order valence-electron chi connectivity index (χ1n) is 7.78. The molecule has 122 valence electrons. The zero-order valence-electron chi connectivity index (χ0n) is 13.2. The number of nitrogens with zero attached hydrogens (tertiary/aromatic N) is 3. The van der Waals surface area contributed by atoms with Crippen LogP contribution >= 0.6 is 11.3 Å². The van der Waals surface area contributed by atoms with Gasteiger partial charge in [0.1, 0.15) is 5.01 Å². The van der Waals surface area contributed by atoms with Gasteiger partial charge in [0.15, 0.2) is 0 Å². The fourth-order valence-corrected chi connectivity index (χ4v) is 3.30. The van der Waals surface area contributed by atoms with Gasteiger partial charge in [-0.15, -0.1) is 11.3 Å². The van der Waals surface area contributed by atoms with Crippen LogP contribution < -0.4 is 5.32 Å². The van der Waals surface area contributed by atoms with Crippen molar-refractivity contribution in [1.29, 1.82) is 0 Å². The number of carbonyl (C=O) groups is 1.